The first-order chi connectivity index (χ1) is 7.58. The summed E-state index contributed by atoms with van der Waals surface area (Å²) >= 11 is 1.37. The SMILES string of the molecule is CCC(CC)(CN)NC(=O)c1scnc1C. The molecule has 4 nitrogen and oxygen atoms in total. The Morgan fingerprint density at radius 1 is 1.56 bits per heavy atom. The van der Waals surface area contributed by atoms with Gasteiger partial charge in [0.15, 0.2) is 0 Å². The first-order valence-corrected chi connectivity index (χ1v) is 6.39. The molecule has 5 heteroatoms. The molecule has 0 aromatic carbocycles. The Hall–Kier alpha value is -0.940. The smallest absolute Gasteiger partial charge is 0.263 e. The number of aryl methyl sites for hydroxylation is 1. The summed E-state index contributed by atoms with van der Waals surface area (Å²) in [6.07, 6.45) is 1.67. The number of rotatable bonds is 5. The van der Waals surface area contributed by atoms with Gasteiger partial charge in [0.05, 0.1) is 16.7 Å². The largest absolute Gasteiger partial charge is 0.345 e. The zero-order valence-electron chi connectivity index (χ0n) is 10.0. The molecule has 0 saturated heterocycles. The van der Waals surface area contributed by atoms with Gasteiger partial charge in [-0.1, -0.05) is 13.8 Å². The molecular formula is C11H19N3OS. The van der Waals surface area contributed by atoms with Gasteiger partial charge >= 0.3 is 0 Å². The standard InChI is InChI=1S/C11H19N3OS/c1-4-11(5-2,6-12)14-10(15)9-8(3)13-7-16-9/h7H,4-6,12H2,1-3H3,(H,14,15). The molecule has 16 heavy (non-hydrogen) atoms. The highest BCUT2D eigenvalue weighted by Gasteiger charge is 2.27. The molecule has 1 rings (SSSR count). The highest BCUT2D eigenvalue weighted by atomic mass is 32.1. The van der Waals surface area contributed by atoms with Crippen molar-refractivity contribution in [1.29, 1.82) is 0 Å². The number of nitrogens with two attached hydrogens (primary N) is 1. The van der Waals surface area contributed by atoms with Crippen LogP contribution in [0.15, 0.2) is 5.51 Å². The van der Waals surface area contributed by atoms with Gasteiger partial charge in [-0.2, -0.15) is 0 Å². The summed E-state index contributed by atoms with van der Waals surface area (Å²) in [5, 5.41) is 3.03. The number of amides is 1. The maximum Gasteiger partial charge on any atom is 0.263 e. The van der Waals surface area contributed by atoms with Crippen LogP contribution >= 0.6 is 11.3 Å². The minimum Gasteiger partial charge on any atom is -0.345 e. The maximum absolute atomic E-state index is 12.0. The third kappa shape index (κ3) is 2.59. The first kappa shape index (κ1) is 13.1. The van der Waals surface area contributed by atoms with E-state index in [-0.39, 0.29) is 11.4 Å². The van der Waals surface area contributed by atoms with Gasteiger partial charge in [0.1, 0.15) is 4.88 Å². The molecule has 0 fully saturated rings. The lowest BCUT2D eigenvalue weighted by Gasteiger charge is -2.31. The molecule has 0 bridgehead atoms. The van der Waals surface area contributed by atoms with Crippen LogP contribution < -0.4 is 11.1 Å². The second-order valence-electron chi connectivity index (χ2n) is 3.91. The lowest BCUT2D eigenvalue weighted by atomic mass is 9.93. The molecule has 1 heterocycles. The molecule has 0 saturated carbocycles. The predicted octanol–water partition coefficient (Wildman–Crippen LogP) is 1.70. The van der Waals surface area contributed by atoms with E-state index in [2.05, 4.69) is 10.3 Å². The van der Waals surface area contributed by atoms with E-state index in [1.165, 1.54) is 11.3 Å². The lowest BCUT2D eigenvalue weighted by Crippen LogP contribution is -2.52. The summed E-state index contributed by atoms with van der Waals surface area (Å²) in [7, 11) is 0. The summed E-state index contributed by atoms with van der Waals surface area (Å²) in [5.74, 6) is -0.0610. The molecule has 0 unspecified atom stereocenters. The Morgan fingerprint density at radius 2 is 2.19 bits per heavy atom. The maximum atomic E-state index is 12.0. The number of carbonyl (C=O) groups excluding carboxylic acids is 1. The van der Waals surface area contributed by atoms with Crippen molar-refractivity contribution in [3.63, 3.8) is 0 Å². The predicted molar refractivity (Wildman–Crippen MR) is 66.7 cm³/mol. The van der Waals surface area contributed by atoms with Gasteiger partial charge in [-0.25, -0.2) is 4.98 Å². The minimum atomic E-state index is -0.284. The van der Waals surface area contributed by atoms with Crippen LogP contribution in [-0.2, 0) is 0 Å². The molecule has 0 spiro atoms. The molecule has 1 aromatic heterocycles. The number of hydrogen-bond acceptors (Lipinski definition) is 4. The highest BCUT2D eigenvalue weighted by Crippen LogP contribution is 2.17. The van der Waals surface area contributed by atoms with Gasteiger partial charge in [0, 0.05) is 6.54 Å². The number of thiazole rings is 1. The van der Waals surface area contributed by atoms with Gasteiger partial charge < -0.3 is 11.1 Å². The first-order valence-electron chi connectivity index (χ1n) is 5.51. The van der Waals surface area contributed by atoms with Crippen molar-refractivity contribution in [3.8, 4) is 0 Å². The van der Waals surface area contributed by atoms with E-state index < -0.39 is 0 Å². The second-order valence-corrected chi connectivity index (χ2v) is 4.77. The van der Waals surface area contributed by atoms with Crippen molar-refractivity contribution in [2.45, 2.75) is 39.2 Å². The van der Waals surface area contributed by atoms with Crippen molar-refractivity contribution < 1.29 is 4.79 Å². The molecule has 0 atom stereocenters. The number of aromatic nitrogens is 1. The van der Waals surface area contributed by atoms with E-state index in [1.807, 2.05) is 20.8 Å². The number of nitrogens with one attached hydrogen (secondary N) is 1. The van der Waals surface area contributed by atoms with Gasteiger partial charge in [0.2, 0.25) is 0 Å². The molecule has 0 aliphatic heterocycles. The van der Waals surface area contributed by atoms with Crippen LogP contribution in [0, 0.1) is 6.92 Å². The van der Waals surface area contributed by atoms with Crippen LogP contribution in [0.1, 0.15) is 42.1 Å². The molecule has 0 aliphatic rings. The zero-order chi connectivity index (χ0) is 12.2. The average Bonchev–Trinajstić information content (AvgIpc) is 2.72. The van der Waals surface area contributed by atoms with Crippen LogP contribution in [0.25, 0.3) is 0 Å². The lowest BCUT2D eigenvalue weighted by molar-refractivity contribution is 0.0898. The van der Waals surface area contributed by atoms with E-state index >= 15 is 0 Å². The fourth-order valence-electron chi connectivity index (χ4n) is 1.58. The fraction of sp³-hybridized carbons (Fsp3) is 0.636. The third-order valence-corrected chi connectivity index (χ3v) is 4.00. The van der Waals surface area contributed by atoms with Crippen molar-refractivity contribution in [1.82, 2.24) is 10.3 Å². The van der Waals surface area contributed by atoms with Gasteiger partial charge in [0.25, 0.3) is 5.91 Å². The molecule has 1 aromatic rings. The van der Waals surface area contributed by atoms with Crippen LogP contribution in [0.3, 0.4) is 0 Å². The molecule has 3 N–H and O–H groups in total. The van der Waals surface area contributed by atoms with Gasteiger partial charge in [-0.05, 0) is 19.8 Å². The van der Waals surface area contributed by atoms with E-state index in [0.717, 1.165) is 18.5 Å². The van der Waals surface area contributed by atoms with Crippen molar-refractivity contribution in [2.24, 2.45) is 5.73 Å². The van der Waals surface area contributed by atoms with E-state index in [4.69, 9.17) is 5.73 Å². The topological polar surface area (TPSA) is 68.0 Å². The summed E-state index contributed by atoms with van der Waals surface area (Å²) in [4.78, 5) is 16.8. The van der Waals surface area contributed by atoms with Crippen LogP contribution in [0.5, 0.6) is 0 Å². The van der Waals surface area contributed by atoms with Crippen LogP contribution in [0.4, 0.5) is 0 Å². The molecular weight excluding hydrogens is 222 g/mol. The van der Waals surface area contributed by atoms with E-state index in [9.17, 15) is 4.79 Å². The van der Waals surface area contributed by atoms with Gasteiger partial charge in [-0.15, -0.1) is 11.3 Å². The number of carbonyl (C=O) groups is 1. The number of nitrogens with zero attached hydrogens (tertiary/aromatic N) is 1. The molecule has 0 radical (unpaired) electrons. The molecule has 1 amide bonds. The van der Waals surface area contributed by atoms with E-state index in [1.54, 1.807) is 5.51 Å². The zero-order valence-corrected chi connectivity index (χ0v) is 10.9. The highest BCUT2D eigenvalue weighted by molar-refractivity contribution is 7.11. The summed E-state index contributed by atoms with van der Waals surface area (Å²) < 4.78 is 0. The Balaban J connectivity index is 2.81. The van der Waals surface area contributed by atoms with Crippen LogP contribution in [0.2, 0.25) is 0 Å². The Bertz CT molecular complexity index is 350. The summed E-state index contributed by atoms with van der Waals surface area (Å²) in [6.45, 7) is 6.38. The minimum absolute atomic E-state index is 0.0610. The van der Waals surface area contributed by atoms with Crippen molar-refractivity contribution >= 4 is 17.2 Å². The third-order valence-electron chi connectivity index (χ3n) is 3.07. The summed E-state index contributed by atoms with van der Waals surface area (Å²) in [5.41, 5.74) is 7.92. The van der Waals surface area contributed by atoms with Gasteiger partial charge in [-0.3, -0.25) is 4.79 Å². The van der Waals surface area contributed by atoms with Crippen molar-refractivity contribution in [3.05, 3.63) is 16.1 Å². The van der Waals surface area contributed by atoms with E-state index in [0.29, 0.717) is 11.4 Å². The average molecular weight is 241 g/mol. The molecule has 90 valence electrons. The second kappa shape index (κ2) is 5.41. The fourth-order valence-corrected chi connectivity index (χ4v) is 2.28. The monoisotopic (exact) mass is 241 g/mol. The Morgan fingerprint density at radius 3 is 2.56 bits per heavy atom. The molecule has 0 aliphatic carbocycles. The Kier molecular flexibility index (Phi) is 4.44. The number of hydrogen-bond donors (Lipinski definition) is 2. The normalized spacial score (nSPS) is 11.5. The summed E-state index contributed by atoms with van der Waals surface area (Å²) in [6, 6.07) is 0. The quantitative estimate of drug-likeness (QED) is 0.824. The van der Waals surface area contributed by atoms with Crippen LogP contribution in [-0.4, -0.2) is 23.0 Å². The van der Waals surface area contributed by atoms with Crippen molar-refractivity contribution in [2.75, 3.05) is 6.54 Å². The Labute approximate surface area is 100 Å².